The number of carbonyl (C=O) groups excluding carboxylic acids is 2. The number of nitrogens with zero attached hydrogens (tertiary/aromatic N) is 3. The van der Waals surface area contributed by atoms with E-state index in [9.17, 15) is 9.59 Å². The van der Waals surface area contributed by atoms with E-state index in [2.05, 4.69) is 18.7 Å². The largest absolute Gasteiger partial charge is 0.325 e. The number of piperidine rings is 1. The first-order valence-corrected chi connectivity index (χ1v) is 12.0. The van der Waals surface area contributed by atoms with Crippen molar-refractivity contribution in [3.63, 3.8) is 0 Å². The van der Waals surface area contributed by atoms with Gasteiger partial charge < -0.3 is 14.7 Å². The third-order valence-electron chi connectivity index (χ3n) is 6.79. The molecule has 0 radical (unpaired) electrons. The fourth-order valence-electron chi connectivity index (χ4n) is 4.79. The molecule has 0 spiro atoms. The highest BCUT2D eigenvalue weighted by Gasteiger charge is 2.30. The summed E-state index contributed by atoms with van der Waals surface area (Å²) >= 11 is 5.97. The second kappa shape index (κ2) is 10.1. The predicted molar refractivity (Wildman–Crippen MR) is 129 cm³/mol. The van der Waals surface area contributed by atoms with Gasteiger partial charge in [-0.3, -0.25) is 9.59 Å². The molecule has 2 aliphatic rings. The maximum Gasteiger partial charge on any atom is 0.254 e. The highest BCUT2D eigenvalue weighted by Crippen LogP contribution is 2.29. The van der Waals surface area contributed by atoms with E-state index in [1.165, 1.54) is 12.8 Å². The minimum Gasteiger partial charge on any atom is -0.325 e. The van der Waals surface area contributed by atoms with Gasteiger partial charge in [0.15, 0.2) is 0 Å². The highest BCUT2D eigenvalue weighted by molar-refractivity contribution is 6.30. The zero-order valence-electron chi connectivity index (χ0n) is 19.0. The van der Waals surface area contributed by atoms with Crippen molar-refractivity contribution < 1.29 is 9.59 Å². The number of benzene rings is 2. The molecule has 0 aromatic heterocycles. The van der Waals surface area contributed by atoms with Crippen molar-refractivity contribution in [2.75, 3.05) is 31.1 Å². The lowest BCUT2D eigenvalue weighted by molar-refractivity contribution is -0.119. The molecule has 0 bridgehead atoms. The fraction of sp³-hybridized carbons (Fsp3) is 0.462. The van der Waals surface area contributed by atoms with Crippen LogP contribution in [0.5, 0.6) is 0 Å². The van der Waals surface area contributed by atoms with Gasteiger partial charge in [-0.05, 0) is 88.0 Å². The summed E-state index contributed by atoms with van der Waals surface area (Å²) in [6.07, 6.45) is 3.36. The molecule has 0 saturated carbocycles. The Kier molecular flexibility index (Phi) is 7.17. The van der Waals surface area contributed by atoms with E-state index in [0.717, 1.165) is 30.8 Å². The van der Waals surface area contributed by atoms with E-state index in [1.807, 2.05) is 29.2 Å². The predicted octanol–water partition coefficient (Wildman–Crippen LogP) is 4.84. The minimum atomic E-state index is -0.146. The summed E-state index contributed by atoms with van der Waals surface area (Å²) in [5, 5.41) is 0.587. The van der Waals surface area contributed by atoms with Gasteiger partial charge >= 0.3 is 0 Å². The Morgan fingerprint density at radius 1 is 1.03 bits per heavy atom. The van der Waals surface area contributed by atoms with Gasteiger partial charge in [-0.2, -0.15) is 0 Å². The Morgan fingerprint density at radius 3 is 2.41 bits per heavy atom. The number of rotatable bonds is 5. The van der Waals surface area contributed by atoms with Crippen LogP contribution < -0.4 is 4.90 Å². The first kappa shape index (κ1) is 22.8. The number of anilines is 1. The Labute approximate surface area is 195 Å². The summed E-state index contributed by atoms with van der Waals surface area (Å²) < 4.78 is 0. The molecule has 1 fully saturated rings. The standard InChI is InChI=1S/C26H32ClN3O2/c1-19(2)28-14-11-20(12-15-28)13-16-30-24-6-4-3-5-22(24)17-29(18-25(30)31)26(32)21-7-9-23(27)10-8-21/h3-10,19-20H,11-18H2,1-2H3. The number of hydrogen-bond acceptors (Lipinski definition) is 3. The van der Waals surface area contributed by atoms with Crippen molar-refractivity contribution in [1.29, 1.82) is 0 Å². The van der Waals surface area contributed by atoms with Crippen LogP contribution in [0.2, 0.25) is 5.02 Å². The molecule has 2 aromatic carbocycles. The average molecular weight is 454 g/mol. The molecule has 0 unspecified atom stereocenters. The summed E-state index contributed by atoms with van der Waals surface area (Å²) in [4.78, 5) is 32.5. The normalized spacial score (nSPS) is 18.1. The topological polar surface area (TPSA) is 43.9 Å². The Morgan fingerprint density at radius 2 is 1.72 bits per heavy atom. The maximum atomic E-state index is 13.3. The van der Waals surface area contributed by atoms with Gasteiger partial charge in [0.25, 0.3) is 5.91 Å². The molecule has 2 aromatic rings. The third kappa shape index (κ3) is 5.16. The van der Waals surface area contributed by atoms with Crippen LogP contribution in [-0.2, 0) is 11.3 Å². The zero-order valence-corrected chi connectivity index (χ0v) is 19.7. The second-order valence-corrected chi connectivity index (χ2v) is 9.64. The number of fused-ring (bicyclic) bond motifs is 1. The highest BCUT2D eigenvalue weighted by atomic mass is 35.5. The van der Waals surface area contributed by atoms with Crippen molar-refractivity contribution in [2.24, 2.45) is 5.92 Å². The molecule has 0 aliphatic carbocycles. The molecule has 1 saturated heterocycles. The Hall–Kier alpha value is -2.37. The second-order valence-electron chi connectivity index (χ2n) is 9.20. The summed E-state index contributed by atoms with van der Waals surface area (Å²) in [5.74, 6) is 0.477. The van der Waals surface area contributed by atoms with E-state index in [1.54, 1.807) is 29.2 Å². The lowest BCUT2D eigenvalue weighted by Crippen LogP contribution is -2.42. The molecule has 2 aliphatic heterocycles. The molecular formula is C26H32ClN3O2. The number of hydrogen-bond donors (Lipinski definition) is 0. The van der Waals surface area contributed by atoms with Crippen molar-refractivity contribution in [3.05, 3.63) is 64.7 Å². The average Bonchev–Trinajstić information content (AvgIpc) is 2.94. The van der Waals surface area contributed by atoms with Gasteiger partial charge in [0.2, 0.25) is 5.91 Å². The van der Waals surface area contributed by atoms with Crippen molar-refractivity contribution in [3.8, 4) is 0 Å². The van der Waals surface area contributed by atoms with Crippen LogP contribution in [0.15, 0.2) is 48.5 Å². The molecule has 0 atom stereocenters. The smallest absolute Gasteiger partial charge is 0.254 e. The summed E-state index contributed by atoms with van der Waals surface area (Å²) in [6.45, 7) is 7.99. The summed E-state index contributed by atoms with van der Waals surface area (Å²) in [5.41, 5.74) is 2.49. The van der Waals surface area contributed by atoms with Gasteiger partial charge in [-0.1, -0.05) is 29.8 Å². The zero-order chi connectivity index (χ0) is 22.7. The van der Waals surface area contributed by atoms with Crippen molar-refractivity contribution >= 4 is 29.1 Å². The van der Waals surface area contributed by atoms with Crippen LogP contribution >= 0.6 is 11.6 Å². The van der Waals surface area contributed by atoms with Gasteiger partial charge in [-0.25, -0.2) is 0 Å². The summed E-state index contributed by atoms with van der Waals surface area (Å²) in [6, 6.07) is 15.4. The van der Waals surface area contributed by atoms with Crippen LogP contribution in [0.25, 0.3) is 0 Å². The molecule has 4 rings (SSSR count). The van der Waals surface area contributed by atoms with Crippen LogP contribution in [-0.4, -0.2) is 53.8 Å². The number of para-hydroxylation sites is 1. The molecule has 2 heterocycles. The van der Waals surface area contributed by atoms with E-state index in [0.29, 0.717) is 35.6 Å². The number of amides is 2. The quantitative estimate of drug-likeness (QED) is 0.650. The van der Waals surface area contributed by atoms with E-state index < -0.39 is 0 Å². The van der Waals surface area contributed by atoms with Crippen LogP contribution in [0.3, 0.4) is 0 Å². The first-order valence-electron chi connectivity index (χ1n) is 11.6. The first-order chi connectivity index (χ1) is 15.4. The van der Waals surface area contributed by atoms with Gasteiger partial charge in [0.05, 0.1) is 0 Å². The van der Waals surface area contributed by atoms with Crippen LogP contribution in [0.4, 0.5) is 5.69 Å². The van der Waals surface area contributed by atoms with Crippen molar-refractivity contribution in [2.45, 2.75) is 45.7 Å². The van der Waals surface area contributed by atoms with Gasteiger partial charge in [-0.15, -0.1) is 0 Å². The van der Waals surface area contributed by atoms with E-state index in [-0.39, 0.29) is 18.4 Å². The number of halogens is 1. The Balaban J connectivity index is 1.47. The fourth-order valence-corrected chi connectivity index (χ4v) is 4.91. The van der Waals surface area contributed by atoms with E-state index >= 15 is 0 Å². The molecular weight excluding hydrogens is 422 g/mol. The lowest BCUT2D eigenvalue weighted by atomic mass is 9.92. The van der Waals surface area contributed by atoms with Gasteiger partial charge in [0, 0.05) is 35.4 Å². The van der Waals surface area contributed by atoms with Crippen molar-refractivity contribution in [1.82, 2.24) is 9.80 Å². The number of carbonyl (C=O) groups is 2. The molecule has 170 valence electrons. The molecule has 6 heteroatoms. The molecule has 32 heavy (non-hydrogen) atoms. The summed E-state index contributed by atoms with van der Waals surface area (Å²) in [7, 11) is 0. The molecule has 2 amide bonds. The van der Waals surface area contributed by atoms with Gasteiger partial charge in [0.1, 0.15) is 6.54 Å². The minimum absolute atomic E-state index is 0.0168. The monoisotopic (exact) mass is 453 g/mol. The van der Waals surface area contributed by atoms with Crippen LogP contribution in [0.1, 0.15) is 49.0 Å². The lowest BCUT2D eigenvalue weighted by Gasteiger charge is -2.35. The molecule has 0 N–H and O–H groups in total. The maximum absolute atomic E-state index is 13.3. The SMILES string of the molecule is CC(C)N1CCC(CCN2C(=O)CN(C(=O)c3ccc(Cl)cc3)Cc3ccccc32)CC1. The Bertz CT molecular complexity index is 952. The van der Waals surface area contributed by atoms with E-state index in [4.69, 9.17) is 11.6 Å². The van der Waals surface area contributed by atoms with Crippen LogP contribution in [0, 0.1) is 5.92 Å². The number of likely N-dealkylation sites (tertiary alicyclic amines) is 1. The third-order valence-corrected chi connectivity index (χ3v) is 7.04. The molecule has 5 nitrogen and oxygen atoms in total.